The third kappa shape index (κ3) is 7.50. The molecule has 0 saturated carbocycles. The molecule has 0 aromatic heterocycles. The first kappa shape index (κ1) is 22.9. The van der Waals surface area contributed by atoms with Gasteiger partial charge >= 0.3 is 6.09 Å². The molecule has 5 heteroatoms. The number of carbonyl (C=O) groups excluding carboxylic acids is 1. The van der Waals surface area contributed by atoms with E-state index in [1.54, 1.807) is 6.08 Å². The number of amides is 1. The van der Waals surface area contributed by atoms with Crippen molar-refractivity contribution in [3.05, 3.63) is 78.4 Å². The fourth-order valence-corrected chi connectivity index (χ4v) is 4.68. The number of allylic oxidation sites excluding steroid dienone is 1. The van der Waals surface area contributed by atoms with E-state index in [4.69, 9.17) is 4.74 Å². The van der Waals surface area contributed by atoms with Gasteiger partial charge in [-0.05, 0) is 43.4 Å². The molecule has 3 atom stereocenters. The van der Waals surface area contributed by atoms with Gasteiger partial charge in [-0.3, -0.25) is 4.21 Å². The molecule has 0 aliphatic rings. The number of ether oxygens (including phenoxy) is 1. The van der Waals surface area contributed by atoms with E-state index in [1.165, 1.54) is 0 Å². The van der Waals surface area contributed by atoms with Gasteiger partial charge in [0.2, 0.25) is 0 Å². The molecule has 0 aliphatic carbocycles. The minimum absolute atomic E-state index is 0.203. The zero-order valence-electron chi connectivity index (χ0n) is 17.5. The molecule has 2 aromatic carbocycles. The summed E-state index contributed by atoms with van der Waals surface area (Å²) in [5, 5.41) is 2.69. The predicted octanol–water partition coefficient (Wildman–Crippen LogP) is 5.39. The zero-order chi connectivity index (χ0) is 21.2. The summed E-state index contributed by atoms with van der Waals surface area (Å²) in [4.78, 5) is 13.2. The molecule has 0 bridgehead atoms. The van der Waals surface area contributed by atoms with Crippen molar-refractivity contribution in [2.75, 3.05) is 0 Å². The van der Waals surface area contributed by atoms with Crippen LogP contribution >= 0.6 is 0 Å². The molecule has 4 nitrogen and oxygen atoms in total. The van der Waals surface area contributed by atoms with Crippen LogP contribution in [0.2, 0.25) is 0 Å². The highest BCUT2D eigenvalue weighted by Crippen LogP contribution is 2.22. The number of aryl methyl sites for hydroxylation is 1. The van der Waals surface area contributed by atoms with E-state index < -0.39 is 16.9 Å². The zero-order valence-corrected chi connectivity index (χ0v) is 18.3. The topological polar surface area (TPSA) is 55.4 Å². The number of benzene rings is 2. The Morgan fingerprint density at radius 3 is 2.38 bits per heavy atom. The molecule has 0 heterocycles. The van der Waals surface area contributed by atoms with Crippen LogP contribution in [0, 0.1) is 12.8 Å². The van der Waals surface area contributed by atoms with Gasteiger partial charge in [-0.25, -0.2) is 4.79 Å². The monoisotopic (exact) mass is 413 g/mol. The summed E-state index contributed by atoms with van der Waals surface area (Å²) in [7, 11) is -1.27. The first-order valence-electron chi connectivity index (χ1n) is 9.96. The van der Waals surface area contributed by atoms with Crippen molar-refractivity contribution in [3.63, 3.8) is 0 Å². The van der Waals surface area contributed by atoms with Crippen LogP contribution < -0.4 is 5.32 Å². The SMILES string of the molecule is C=CC[C@@H]([C@@H](CC(C)C)NC(=O)OCc1ccccc1)S(=O)c1ccc(C)cc1. The molecule has 0 aliphatic heterocycles. The Balaban J connectivity index is 2.12. The second-order valence-electron chi connectivity index (χ2n) is 7.62. The Kier molecular flexibility index (Phi) is 9.13. The van der Waals surface area contributed by atoms with Gasteiger partial charge in [0.15, 0.2) is 0 Å². The fourth-order valence-electron chi connectivity index (χ4n) is 3.14. The lowest BCUT2D eigenvalue weighted by atomic mass is 9.99. The van der Waals surface area contributed by atoms with Gasteiger partial charge in [-0.1, -0.05) is 68.0 Å². The van der Waals surface area contributed by atoms with Crippen LogP contribution in [0.15, 0.2) is 72.1 Å². The van der Waals surface area contributed by atoms with Crippen LogP contribution in [0.5, 0.6) is 0 Å². The average molecular weight is 414 g/mol. The second-order valence-corrected chi connectivity index (χ2v) is 9.29. The first-order valence-corrected chi connectivity index (χ1v) is 11.2. The lowest BCUT2D eigenvalue weighted by molar-refractivity contribution is 0.134. The summed E-state index contributed by atoms with van der Waals surface area (Å²) in [5.41, 5.74) is 2.04. The molecule has 0 spiro atoms. The van der Waals surface area contributed by atoms with Crippen molar-refractivity contribution in [1.82, 2.24) is 5.32 Å². The molecule has 2 rings (SSSR count). The van der Waals surface area contributed by atoms with E-state index in [-0.39, 0.29) is 17.9 Å². The molecule has 2 aromatic rings. The summed E-state index contributed by atoms with van der Waals surface area (Å²) in [6.45, 7) is 10.2. The molecule has 156 valence electrons. The largest absolute Gasteiger partial charge is 0.445 e. The smallest absolute Gasteiger partial charge is 0.407 e. The molecule has 0 saturated heterocycles. The van der Waals surface area contributed by atoms with Crippen molar-refractivity contribution in [1.29, 1.82) is 0 Å². The van der Waals surface area contributed by atoms with Crippen molar-refractivity contribution < 1.29 is 13.7 Å². The molecular formula is C24H31NO3S. The lowest BCUT2D eigenvalue weighted by Crippen LogP contribution is -2.46. The van der Waals surface area contributed by atoms with Gasteiger partial charge in [0.1, 0.15) is 6.61 Å². The van der Waals surface area contributed by atoms with Crippen molar-refractivity contribution >= 4 is 16.9 Å². The van der Waals surface area contributed by atoms with Crippen LogP contribution in [-0.4, -0.2) is 21.6 Å². The number of carbonyl (C=O) groups is 1. The molecule has 0 fully saturated rings. The quantitative estimate of drug-likeness (QED) is 0.532. The summed E-state index contributed by atoms with van der Waals surface area (Å²) >= 11 is 0. The third-order valence-corrected chi connectivity index (χ3v) is 6.43. The minimum Gasteiger partial charge on any atom is -0.445 e. The van der Waals surface area contributed by atoms with E-state index in [9.17, 15) is 9.00 Å². The van der Waals surface area contributed by atoms with Crippen LogP contribution in [-0.2, 0) is 22.1 Å². The Morgan fingerprint density at radius 2 is 1.79 bits per heavy atom. The van der Waals surface area contributed by atoms with E-state index in [1.807, 2.05) is 61.5 Å². The van der Waals surface area contributed by atoms with Crippen LogP contribution in [0.4, 0.5) is 4.79 Å². The number of rotatable bonds is 10. The highest BCUT2D eigenvalue weighted by atomic mass is 32.2. The molecule has 29 heavy (non-hydrogen) atoms. The predicted molar refractivity (Wildman–Crippen MR) is 119 cm³/mol. The average Bonchev–Trinajstić information content (AvgIpc) is 2.70. The summed E-state index contributed by atoms with van der Waals surface area (Å²) in [5.74, 6) is 0.330. The minimum atomic E-state index is -1.27. The van der Waals surface area contributed by atoms with Gasteiger partial charge in [-0.15, -0.1) is 6.58 Å². The Bertz CT molecular complexity index is 803. The normalized spacial score (nSPS) is 14.1. The lowest BCUT2D eigenvalue weighted by Gasteiger charge is -2.28. The number of hydrogen-bond acceptors (Lipinski definition) is 3. The molecular weight excluding hydrogens is 382 g/mol. The van der Waals surface area contributed by atoms with Gasteiger partial charge in [0, 0.05) is 10.9 Å². The molecule has 1 amide bonds. The van der Waals surface area contributed by atoms with Crippen LogP contribution in [0.3, 0.4) is 0 Å². The summed E-state index contributed by atoms with van der Waals surface area (Å²) in [6, 6.07) is 17.0. The van der Waals surface area contributed by atoms with E-state index >= 15 is 0 Å². The van der Waals surface area contributed by atoms with Crippen LogP contribution in [0.1, 0.15) is 37.8 Å². The number of hydrogen-bond donors (Lipinski definition) is 1. The van der Waals surface area contributed by atoms with Crippen molar-refractivity contribution in [2.24, 2.45) is 5.92 Å². The standard InChI is InChI=1S/C24H31NO3S/c1-5-9-23(29(27)21-14-12-19(4)13-15-21)22(16-18(2)3)25-24(26)28-17-20-10-7-6-8-11-20/h5-8,10-15,18,22-23H,1,9,16-17H2,2-4H3,(H,25,26)/t22-,23+,29?/m1/s1. The molecule has 1 unspecified atom stereocenters. The first-order chi connectivity index (χ1) is 13.9. The van der Waals surface area contributed by atoms with Crippen molar-refractivity contribution in [3.8, 4) is 0 Å². The second kappa shape index (κ2) is 11.6. The Labute approximate surface area is 176 Å². The Morgan fingerprint density at radius 1 is 1.14 bits per heavy atom. The van der Waals surface area contributed by atoms with Gasteiger partial charge in [0.25, 0.3) is 0 Å². The van der Waals surface area contributed by atoms with Gasteiger partial charge < -0.3 is 10.1 Å². The number of alkyl carbamates (subject to hydrolysis) is 1. The van der Waals surface area contributed by atoms with Gasteiger partial charge in [-0.2, -0.15) is 0 Å². The maximum Gasteiger partial charge on any atom is 0.407 e. The molecule has 1 N–H and O–H groups in total. The Hall–Kier alpha value is -2.40. The van der Waals surface area contributed by atoms with E-state index in [2.05, 4.69) is 25.7 Å². The maximum absolute atomic E-state index is 13.3. The van der Waals surface area contributed by atoms with Gasteiger partial charge in [0.05, 0.1) is 16.0 Å². The highest BCUT2D eigenvalue weighted by Gasteiger charge is 2.29. The summed E-state index contributed by atoms with van der Waals surface area (Å²) in [6.07, 6.45) is 2.52. The fraction of sp³-hybridized carbons (Fsp3) is 0.375. The third-order valence-electron chi connectivity index (χ3n) is 4.62. The van der Waals surface area contributed by atoms with Crippen LogP contribution in [0.25, 0.3) is 0 Å². The maximum atomic E-state index is 13.3. The van der Waals surface area contributed by atoms with Crippen molar-refractivity contribution in [2.45, 2.75) is 56.4 Å². The number of nitrogens with one attached hydrogen (secondary N) is 1. The van der Waals surface area contributed by atoms with E-state index in [0.29, 0.717) is 18.8 Å². The highest BCUT2D eigenvalue weighted by molar-refractivity contribution is 7.85. The summed E-state index contributed by atoms with van der Waals surface area (Å²) < 4.78 is 18.7. The van der Waals surface area contributed by atoms with E-state index in [0.717, 1.165) is 16.0 Å². The molecule has 0 radical (unpaired) electrons.